The third-order valence-corrected chi connectivity index (χ3v) is 4.17. The fourth-order valence-corrected chi connectivity index (χ4v) is 2.94. The number of anilines is 1. The molecule has 2 heterocycles. The second-order valence-corrected chi connectivity index (χ2v) is 5.98. The first-order valence-corrected chi connectivity index (χ1v) is 8.15. The second-order valence-electron chi connectivity index (χ2n) is 5.98. The van der Waals surface area contributed by atoms with Crippen LogP contribution in [-0.2, 0) is 17.8 Å². The van der Waals surface area contributed by atoms with Gasteiger partial charge in [-0.25, -0.2) is 14.1 Å². The van der Waals surface area contributed by atoms with Crippen LogP contribution in [-0.4, -0.2) is 25.7 Å². The number of fused-ring (bicyclic) bond motifs is 1. The maximum Gasteiger partial charge on any atom is 0.228 e. The highest BCUT2D eigenvalue weighted by Gasteiger charge is 2.11. The molecule has 6 nitrogen and oxygen atoms in total. The van der Waals surface area contributed by atoms with Crippen LogP contribution in [0.3, 0.4) is 0 Å². The fraction of sp³-hybridized carbons (Fsp3) is 0.105. The lowest BCUT2D eigenvalue weighted by atomic mass is 10.1. The van der Waals surface area contributed by atoms with Crippen LogP contribution < -0.4 is 5.32 Å². The number of para-hydroxylation sites is 1. The highest BCUT2D eigenvalue weighted by molar-refractivity contribution is 5.96. The average molecular weight is 349 g/mol. The van der Waals surface area contributed by atoms with Crippen molar-refractivity contribution in [3.63, 3.8) is 0 Å². The number of benzene rings is 2. The van der Waals surface area contributed by atoms with Crippen molar-refractivity contribution in [2.75, 3.05) is 5.32 Å². The van der Waals surface area contributed by atoms with Crippen molar-refractivity contribution in [2.45, 2.75) is 13.0 Å². The Morgan fingerprint density at radius 2 is 2.08 bits per heavy atom. The van der Waals surface area contributed by atoms with Crippen LogP contribution >= 0.6 is 0 Å². The monoisotopic (exact) mass is 349 g/mol. The minimum atomic E-state index is -0.308. The normalized spacial score (nSPS) is 11.0. The molecule has 1 amide bonds. The molecule has 26 heavy (non-hydrogen) atoms. The quantitative estimate of drug-likeness (QED) is 0.581. The van der Waals surface area contributed by atoms with Crippen LogP contribution in [0.1, 0.15) is 11.1 Å². The third-order valence-electron chi connectivity index (χ3n) is 4.17. The van der Waals surface area contributed by atoms with Gasteiger partial charge < -0.3 is 10.3 Å². The first kappa shape index (κ1) is 16.0. The summed E-state index contributed by atoms with van der Waals surface area (Å²) < 4.78 is 15.0. The molecule has 130 valence electrons. The Morgan fingerprint density at radius 3 is 2.92 bits per heavy atom. The zero-order valence-electron chi connectivity index (χ0n) is 13.8. The van der Waals surface area contributed by atoms with Crippen molar-refractivity contribution >= 4 is 22.5 Å². The number of rotatable bonds is 5. The topological polar surface area (TPSA) is 75.6 Å². The van der Waals surface area contributed by atoms with Crippen molar-refractivity contribution < 1.29 is 9.18 Å². The number of aromatic nitrogens is 4. The van der Waals surface area contributed by atoms with E-state index in [0.717, 1.165) is 22.2 Å². The van der Waals surface area contributed by atoms with Gasteiger partial charge in [0, 0.05) is 22.8 Å². The Kier molecular flexibility index (Phi) is 4.18. The number of carbonyl (C=O) groups excluding carboxylic acids is 1. The van der Waals surface area contributed by atoms with Crippen molar-refractivity contribution in [3.05, 3.63) is 78.3 Å². The van der Waals surface area contributed by atoms with Crippen LogP contribution in [0.25, 0.3) is 10.9 Å². The van der Waals surface area contributed by atoms with E-state index < -0.39 is 0 Å². The fourth-order valence-electron chi connectivity index (χ4n) is 2.94. The van der Waals surface area contributed by atoms with E-state index in [9.17, 15) is 9.18 Å². The number of halogens is 1. The van der Waals surface area contributed by atoms with E-state index in [1.165, 1.54) is 18.5 Å². The number of nitrogens with zero attached hydrogens (tertiary/aromatic N) is 3. The number of hydrogen-bond acceptors (Lipinski definition) is 3. The summed E-state index contributed by atoms with van der Waals surface area (Å²) in [6.07, 6.45) is 5.04. The first-order valence-electron chi connectivity index (χ1n) is 8.15. The molecule has 0 spiro atoms. The Hall–Kier alpha value is -3.48. The molecule has 0 atom stereocenters. The zero-order chi connectivity index (χ0) is 17.9. The summed E-state index contributed by atoms with van der Waals surface area (Å²) in [4.78, 5) is 19.4. The summed E-state index contributed by atoms with van der Waals surface area (Å²) in [6.45, 7) is 0.517. The van der Waals surface area contributed by atoms with Gasteiger partial charge >= 0.3 is 0 Å². The predicted molar refractivity (Wildman–Crippen MR) is 96.2 cm³/mol. The maximum atomic E-state index is 13.3. The number of nitrogens with one attached hydrogen (secondary N) is 2. The summed E-state index contributed by atoms with van der Waals surface area (Å²) in [6, 6.07) is 12.1. The van der Waals surface area contributed by atoms with Crippen molar-refractivity contribution in [1.29, 1.82) is 0 Å². The van der Waals surface area contributed by atoms with E-state index in [0.29, 0.717) is 12.1 Å². The van der Waals surface area contributed by atoms with Gasteiger partial charge in [0.2, 0.25) is 5.91 Å². The largest absolute Gasteiger partial charge is 0.361 e. The Labute approximate surface area is 148 Å². The summed E-state index contributed by atoms with van der Waals surface area (Å²) in [7, 11) is 0. The molecule has 2 aromatic heterocycles. The minimum absolute atomic E-state index is 0.138. The third kappa shape index (κ3) is 3.32. The number of hydrogen-bond donors (Lipinski definition) is 2. The molecule has 0 aliphatic heterocycles. The van der Waals surface area contributed by atoms with Gasteiger partial charge in [0.15, 0.2) is 0 Å². The van der Waals surface area contributed by atoms with Gasteiger partial charge in [0.05, 0.1) is 13.0 Å². The first-order chi connectivity index (χ1) is 12.7. The Morgan fingerprint density at radius 1 is 1.19 bits per heavy atom. The van der Waals surface area contributed by atoms with E-state index >= 15 is 0 Å². The smallest absolute Gasteiger partial charge is 0.228 e. The van der Waals surface area contributed by atoms with Gasteiger partial charge in [-0.15, -0.1) is 0 Å². The standard InChI is InChI=1S/C19H16FN5O/c20-15-5-6-16-14(9-22-18(16)8-15)7-19(26)24-17-4-2-1-3-13(17)10-25-12-21-11-23-25/h1-6,8-9,11-12,22H,7,10H2,(H,24,26). The van der Waals surface area contributed by atoms with Crippen LogP contribution in [0.4, 0.5) is 10.1 Å². The van der Waals surface area contributed by atoms with Gasteiger partial charge in [-0.05, 0) is 35.4 Å². The molecular formula is C19H16FN5O. The Bertz CT molecular complexity index is 1050. The van der Waals surface area contributed by atoms with Crippen LogP contribution in [0.5, 0.6) is 0 Å². The maximum absolute atomic E-state index is 13.3. The van der Waals surface area contributed by atoms with E-state index in [-0.39, 0.29) is 18.1 Å². The van der Waals surface area contributed by atoms with E-state index in [1.807, 2.05) is 24.3 Å². The van der Waals surface area contributed by atoms with Crippen molar-refractivity contribution in [3.8, 4) is 0 Å². The van der Waals surface area contributed by atoms with Gasteiger partial charge in [-0.1, -0.05) is 18.2 Å². The van der Waals surface area contributed by atoms with Crippen LogP contribution in [0.2, 0.25) is 0 Å². The molecule has 7 heteroatoms. The van der Waals surface area contributed by atoms with Crippen molar-refractivity contribution in [2.24, 2.45) is 0 Å². The number of carbonyl (C=O) groups is 1. The van der Waals surface area contributed by atoms with E-state index in [2.05, 4.69) is 20.4 Å². The SMILES string of the molecule is O=C(Cc1c[nH]c2cc(F)ccc12)Nc1ccccc1Cn1cncn1. The summed E-state index contributed by atoms with van der Waals surface area (Å²) in [5.74, 6) is -0.446. The molecule has 0 fully saturated rings. The van der Waals surface area contributed by atoms with Gasteiger partial charge in [-0.2, -0.15) is 5.10 Å². The highest BCUT2D eigenvalue weighted by atomic mass is 19.1. The summed E-state index contributed by atoms with van der Waals surface area (Å²) >= 11 is 0. The lowest BCUT2D eigenvalue weighted by Crippen LogP contribution is -2.16. The molecule has 0 aliphatic rings. The molecule has 2 N–H and O–H groups in total. The van der Waals surface area contributed by atoms with Gasteiger partial charge in [-0.3, -0.25) is 4.79 Å². The molecule has 0 saturated carbocycles. The zero-order valence-corrected chi connectivity index (χ0v) is 13.8. The lowest BCUT2D eigenvalue weighted by molar-refractivity contribution is -0.115. The lowest BCUT2D eigenvalue weighted by Gasteiger charge is -2.11. The van der Waals surface area contributed by atoms with E-state index in [4.69, 9.17) is 0 Å². The molecule has 2 aromatic carbocycles. The molecular weight excluding hydrogens is 333 g/mol. The van der Waals surface area contributed by atoms with Gasteiger partial charge in [0.1, 0.15) is 18.5 Å². The predicted octanol–water partition coefficient (Wildman–Crippen LogP) is 3.13. The molecule has 0 saturated heterocycles. The number of H-pyrrole nitrogens is 1. The molecule has 4 aromatic rings. The molecule has 0 bridgehead atoms. The molecule has 0 aliphatic carbocycles. The van der Waals surface area contributed by atoms with Crippen LogP contribution in [0.15, 0.2) is 61.3 Å². The molecule has 0 radical (unpaired) electrons. The van der Waals surface area contributed by atoms with Crippen LogP contribution in [0, 0.1) is 5.82 Å². The summed E-state index contributed by atoms with van der Waals surface area (Å²) in [5, 5.41) is 7.89. The van der Waals surface area contributed by atoms with Gasteiger partial charge in [0.25, 0.3) is 0 Å². The summed E-state index contributed by atoms with van der Waals surface area (Å²) in [5.41, 5.74) is 3.18. The Balaban J connectivity index is 1.51. The number of aromatic amines is 1. The number of amides is 1. The molecule has 4 rings (SSSR count). The average Bonchev–Trinajstić information content (AvgIpc) is 3.27. The minimum Gasteiger partial charge on any atom is -0.361 e. The second kappa shape index (κ2) is 6.79. The molecule has 0 unspecified atom stereocenters. The van der Waals surface area contributed by atoms with E-state index in [1.54, 1.807) is 23.3 Å². The van der Waals surface area contributed by atoms with Crippen molar-refractivity contribution in [1.82, 2.24) is 19.7 Å². The highest BCUT2D eigenvalue weighted by Crippen LogP contribution is 2.21.